The van der Waals surface area contributed by atoms with Crippen molar-refractivity contribution < 1.29 is 0 Å². The summed E-state index contributed by atoms with van der Waals surface area (Å²) in [5.41, 5.74) is 9.16. The van der Waals surface area contributed by atoms with Crippen LogP contribution in [0.1, 0.15) is 47.9 Å². The summed E-state index contributed by atoms with van der Waals surface area (Å²) in [5, 5.41) is 5.37. The summed E-state index contributed by atoms with van der Waals surface area (Å²) in [7, 11) is 0. The van der Waals surface area contributed by atoms with E-state index in [1.165, 1.54) is 49.4 Å². The molecule has 2 bridgehead atoms. The van der Waals surface area contributed by atoms with Crippen molar-refractivity contribution in [2.45, 2.75) is 25.7 Å². The molecule has 0 spiro atoms. The molecule has 2 atom stereocenters. The lowest BCUT2D eigenvalue weighted by molar-refractivity contribution is 0.982. The van der Waals surface area contributed by atoms with Gasteiger partial charge in [-0.1, -0.05) is 54.1 Å². The number of benzene rings is 4. The Kier molecular flexibility index (Phi) is 2.68. The summed E-state index contributed by atoms with van der Waals surface area (Å²) in [6, 6.07) is 27.3. The number of rotatable bonds is 0. The van der Waals surface area contributed by atoms with Crippen LogP contribution in [0.4, 0.5) is 0 Å². The fourth-order valence-corrected chi connectivity index (χ4v) is 5.31. The molecule has 2 unspecified atom stereocenters. The van der Waals surface area contributed by atoms with E-state index in [0.717, 1.165) is 0 Å². The van der Waals surface area contributed by atoms with Crippen LogP contribution in [-0.4, -0.2) is 0 Å². The van der Waals surface area contributed by atoms with E-state index >= 15 is 0 Å². The lowest BCUT2D eigenvalue weighted by Gasteiger charge is -2.19. The molecular formula is C26H20. The highest BCUT2D eigenvalue weighted by atomic mass is 14.5. The molecule has 0 aliphatic heterocycles. The van der Waals surface area contributed by atoms with Gasteiger partial charge >= 0.3 is 0 Å². The Bertz CT molecular complexity index is 1160. The van der Waals surface area contributed by atoms with E-state index in [1.807, 2.05) is 0 Å². The van der Waals surface area contributed by atoms with Crippen LogP contribution in [0.15, 0.2) is 83.9 Å². The Labute approximate surface area is 153 Å². The maximum Gasteiger partial charge on any atom is 0.0317 e. The maximum atomic E-state index is 2.46. The van der Waals surface area contributed by atoms with Crippen LogP contribution in [0.2, 0.25) is 0 Å². The highest BCUT2D eigenvalue weighted by Gasteiger charge is 2.45. The van der Waals surface area contributed by atoms with Gasteiger partial charge in [0, 0.05) is 11.8 Å². The Morgan fingerprint density at radius 3 is 1.46 bits per heavy atom. The second-order valence-electron chi connectivity index (χ2n) is 7.98. The number of fused-ring (bicyclic) bond motifs is 10. The summed E-state index contributed by atoms with van der Waals surface area (Å²) >= 11 is 0. The van der Waals surface area contributed by atoms with Gasteiger partial charge in [0.1, 0.15) is 0 Å². The number of allylic oxidation sites excluding steroid dienone is 2. The summed E-state index contributed by atoms with van der Waals surface area (Å²) < 4.78 is 0. The molecule has 0 N–H and O–H groups in total. The van der Waals surface area contributed by atoms with Crippen molar-refractivity contribution in [3.05, 3.63) is 106 Å². The van der Waals surface area contributed by atoms with Crippen molar-refractivity contribution in [3.8, 4) is 0 Å². The molecule has 4 aromatic rings. The highest BCUT2D eigenvalue weighted by molar-refractivity contribution is 5.99. The maximum absolute atomic E-state index is 2.46. The van der Waals surface area contributed by atoms with E-state index in [2.05, 4.69) is 86.6 Å². The molecule has 0 amide bonds. The molecule has 124 valence electrons. The molecule has 0 fully saturated rings. The Hall–Kier alpha value is -2.86. The van der Waals surface area contributed by atoms with Crippen LogP contribution in [0.3, 0.4) is 0 Å². The van der Waals surface area contributed by atoms with Gasteiger partial charge in [0.05, 0.1) is 0 Å². The highest BCUT2D eigenvalue weighted by Crippen LogP contribution is 2.61. The monoisotopic (exact) mass is 332 g/mol. The zero-order valence-electron chi connectivity index (χ0n) is 15.1. The SMILES string of the molecule is CC(C)=C1C2c3ccccc3C1c1cc3cc4ccccc4cc3cc12. The van der Waals surface area contributed by atoms with Gasteiger partial charge in [-0.3, -0.25) is 0 Å². The number of hydrogen-bond acceptors (Lipinski definition) is 0. The normalized spacial score (nSPS) is 19.8. The van der Waals surface area contributed by atoms with E-state index < -0.39 is 0 Å². The molecule has 0 nitrogen and oxygen atoms in total. The lowest BCUT2D eigenvalue weighted by Crippen LogP contribution is -2.02. The zero-order chi connectivity index (χ0) is 17.4. The predicted octanol–water partition coefficient (Wildman–Crippen LogP) is 6.92. The molecule has 0 aromatic heterocycles. The lowest BCUT2D eigenvalue weighted by atomic mass is 9.84. The van der Waals surface area contributed by atoms with E-state index in [4.69, 9.17) is 0 Å². The summed E-state index contributed by atoms with van der Waals surface area (Å²) in [4.78, 5) is 0. The quantitative estimate of drug-likeness (QED) is 0.242. The third kappa shape index (κ3) is 1.69. The van der Waals surface area contributed by atoms with Gasteiger partial charge in [0.15, 0.2) is 0 Å². The van der Waals surface area contributed by atoms with Gasteiger partial charge in [0.2, 0.25) is 0 Å². The average molecular weight is 332 g/mol. The van der Waals surface area contributed by atoms with Crippen LogP contribution in [0.5, 0.6) is 0 Å². The Morgan fingerprint density at radius 1 is 0.538 bits per heavy atom. The van der Waals surface area contributed by atoms with Crippen molar-refractivity contribution in [2.24, 2.45) is 0 Å². The molecule has 0 saturated heterocycles. The molecule has 2 aliphatic carbocycles. The first-order valence-electron chi connectivity index (χ1n) is 9.45. The average Bonchev–Trinajstić information content (AvgIpc) is 3.17. The van der Waals surface area contributed by atoms with Crippen molar-refractivity contribution in [1.29, 1.82) is 0 Å². The molecule has 6 rings (SSSR count). The second kappa shape index (κ2) is 4.86. The minimum absolute atomic E-state index is 0.451. The van der Waals surface area contributed by atoms with Crippen LogP contribution < -0.4 is 0 Å². The van der Waals surface area contributed by atoms with Crippen LogP contribution in [-0.2, 0) is 0 Å². The Balaban J connectivity index is 1.69. The third-order valence-electron chi connectivity index (χ3n) is 6.35. The molecule has 0 saturated carbocycles. The fraction of sp³-hybridized carbons (Fsp3) is 0.154. The van der Waals surface area contributed by atoms with Crippen molar-refractivity contribution in [1.82, 2.24) is 0 Å². The first-order chi connectivity index (χ1) is 12.7. The largest absolute Gasteiger partial charge is 0.0753 e. The van der Waals surface area contributed by atoms with Gasteiger partial charge in [-0.2, -0.15) is 0 Å². The standard InChI is InChI=1S/C26H20/c1-15(2)24-25-20-9-5-6-10-21(20)26(24)23-14-19-12-17-8-4-3-7-16(17)11-18(19)13-22(23)25/h3-14,25-26H,1-2H3. The van der Waals surface area contributed by atoms with Crippen molar-refractivity contribution >= 4 is 21.5 Å². The first-order valence-corrected chi connectivity index (χ1v) is 9.45. The minimum Gasteiger partial charge on any atom is -0.0753 e. The van der Waals surface area contributed by atoms with E-state index in [9.17, 15) is 0 Å². The van der Waals surface area contributed by atoms with Gasteiger partial charge in [0.25, 0.3) is 0 Å². The van der Waals surface area contributed by atoms with Crippen molar-refractivity contribution in [2.75, 3.05) is 0 Å². The molecule has 26 heavy (non-hydrogen) atoms. The van der Waals surface area contributed by atoms with Gasteiger partial charge < -0.3 is 0 Å². The van der Waals surface area contributed by atoms with E-state index in [0.29, 0.717) is 11.8 Å². The molecule has 0 radical (unpaired) electrons. The molecule has 0 heterocycles. The van der Waals surface area contributed by atoms with Gasteiger partial charge in [-0.25, -0.2) is 0 Å². The predicted molar refractivity (Wildman–Crippen MR) is 110 cm³/mol. The smallest absolute Gasteiger partial charge is 0.0317 e. The van der Waals surface area contributed by atoms with Crippen LogP contribution >= 0.6 is 0 Å². The summed E-state index contributed by atoms with van der Waals surface area (Å²) in [6.07, 6.45) is 0. The molecular weight excluding hydrogens is 312 g/mol. The second-order valence-corrected chi connectivity index (χ2v) is 7.98. The molecule has 4 aromatic carbocycles. The topological polar surface area (TPSA) is 0 Å². The van der Waals surface area contributed by atoms with Gasteiger partial charge in [-0.05, 0) is 87.5 Å². The Morgan fingerprint density at radius 2 is 1.00 bits per heavy atom. The number of hydrogen-bond donors (Lipinski definition) is 0. The summed E-state index contributed by atoms with van der Waals surface area (Å²) in [6.45, 7) is 4.56. The summed E-state index contributed by atoms with van der Waals surface area (Å²) in [5.74, 6) is 0.902. The molecule has 2 aliphatic rings. The van der Waals surface area contributed by atoms with E-state index in [1.54, 1.807) is 5.57 Å². The molecule has 0 heteroatoms. The van der Waals surface area contributed by atoms with Gasteiger partial charge in [-0.15, -0.1) is 0 Å². The third-order valence-corrected chi connectivity index (χ3v) is 6.35. The van der Waals surface area contributed by atoms with Crippen molar-refractivity contribution in [3.63, 3.8) is 0 Å². The zero-order valence-corrected chi connectivity index (χ0v) is 15.1. The van der Waals surface area contributed by atoms with E-state index in [-0.39, 0.29) is 0 Å². The van der Waals surface area contributed by atoms with Crippen LogP contribution in [0.25, 0.3) is 21.5 Å². The van der Waals surface area contributed by atoms with Crippen LogP contribution in [0, 0.1) is 0 Å². The first kappa shape index (κ1) is 14.3. The fourth-order valence-electron chi connectivity index (χ4n) is 5.31. The minimum atomic E-state index is 0.451.